The van der Waals surface area contributed by atoms with Gasteiger partial charge in [0.05, 0.1) is 6.61 Å². The van der Waals surface area contributed by atoms with Crippen molar-refractivity contribution >= 4 is 5.91 Å². The van der Waals surface area contributed by atoms with Crippen LogP contribution in [0.25, 0.3) is 0 Å². The third-order valence-electron chi connectivity index (χ3n) is 3.23. The molecule has 1 heterocycles. The Morgan fingerprint density at radius 1 is 1.33 bits per heavy atom. The molecule has 0 saturated carbocycles. The lowest BCUT2D eigenvalue weighted by molar-refractivity contribution is -0.128. The van der Waals surface area contributed by atoms with Crippen LogP contribution in [0.5, 0.6) is 0 Å². The van der Waals surface area contributed by atoms with Gasteiger partial charge in [0, 0.05) is 25.7 Å². The minimum Gasteiger partial charge on any atom is -0.392 e. The molecule has 1 saturated heterocycles. The van der Waals surface area contributed by atoms with Crippen molar-refractivity contribution in [2.75, 3.05) is 13.2 Å². The molecule has 1 aliphatic heterocycles. The highest BCUT2D eigenvalue weighted by atomic mass is 16.5. The maximum absolute atomic E-state index is 11.9. The molecule has 0 aromatic heterocycles. The SMILES string of the molecule is O=C(NCc1cccc(CO)c1)C1CCOCC1. The molecule has 2 N–H and O–H groups in total. The van der Waals surface area contributed by atoms with Gasteiger partial charge in [-0.15, -0.1) is 0 Å². The molecule has 0 unspecified atom stereocenters. The van der Waals surface area contributed by atoms with Crippen molar-refractivity contribution in [3.63, 3.8) is 0 Å². The zero-order valence-electron chi connectivity index (χ0n) is 10.4. The second-order valence-corrected chi connectivity index (χ2v) is 4.58. The van der Waals surface area contributed by atoms with E-state index < -0.39 is 0 Å². The molecule has 0 atom stereocenters. The van der Waals surface area contributed by atoms with Gasteiger partial charge in [-0.05, 0) is 24.0 Å². The van der Waals surface area contributed by atoms with Crippen molar-refractivity contribution in [2.45, 2.75) is 26.0 Å². The number of benzene rings is 1. The van der Waals surface area contributed by atoms with Gasteiger partial charge in [0.15, 0.2) is 0 Å². The number of carbonyl (C=O) groups excluding carboxylic acids is 1. The van der Waals surface area contributed by atoms with Gasteiger partial charge in [0.2, 0.25) is 5.91 Å². The summed E-state index contributed by atoms with van der Waals surface area (Å²) in [7, 11) is 0. The van der Waals surface area contributed by atoms with E-state index >= 15 is 0 Å². The second-order valence-electron chi connectivity index (χ2n) is 4.58. The molecular weight excluding hydrogens is 230 g/mol. The lowest BCUT2D eigenvalue weighted by Crippen LogP contribution is -2.33. The Hall–Kier alpha value is -1.39. The zero-order chi connectivity index (χ0) is 12.8. The van der Waals surface area contributed by atoms with E-state index in [-0.39, 0.29) is 18.4 Å². The summed E-state index contributed by atoms with van der Waals surface area (Å²) in [5, 5.41) is 12.0. The van der Waals surface area contributed by atoms with Crippen molar-refractivity contribution in [2.24, 2.45) is 5.92 Å². The Balaban J connectivity index is 1.84. The molecule has 0 aliphatic carbocycles. The van der Waals surface area contributed by atoms with Gasteiger partial charge < -0.3 is 15.2 Å². The average Bonchev–Trinajstić information content (AvgIpc) is 2.46. The molecule has 4 heteroatoms. The Morgan fingerprint density at radius 3 is 2.78 bits per heavy atom. The Kier molecular flexibility index (Phi) is 4.73. The van der Waals surface area contributed by atoms with E-state index in [2.05, 4.69) is 5.32 Å². The maximum Gasteiger partial charge on any atom is 0.223 e. The number of amides is 1. The van der Waals surface area contributed by atoms with Crippen LogP contribution in [-0.2, 0) is 22.7 Å². The Morgan fingerprint density at radius 2 is 2.06 bits per heavy atom. The molecule has 1 aromatic rings. The second kappa shape index (κ2) is 6.52. The van der Waals surface area contributed by atoms with Gasteiger partial charge in [-0.3, -0.25) is 4.79 Å². The Bertz CT molecular complexity index is 400. The molecule has 2 rings (SSSR count). The van der Waals surface area contributed by atoms with E-state index in [4.69, 9.17) is 9.84 Å². The molecule has 4 nitrogen and oxygen atoms in total. The van der Waals surface area contributed by atoms with Crippen molar-refractivity contribution in [3.05, 3.63) is 35.4 Å². The summed E-state index contributed by atoms with van der Waals surface area (Å²) >= 11 is 0. The van der Waals surface area contributed by atoms with Crippen LogP contribution in [-0.4, -0.2) is 24.2 Å². The first-order chi connectivity index (χ1) is 8.79. The summed E-state index contributed by atoms with van der Waals surface area (Å²) in [6.07, 6.45) is 1.62. The van der Waals surface area contributed by atoms with E-state index in [1.165, 1.54) is 0 Å². The summed E-state index contributed by atoms with van der Waals surface area (Å²) in [5.74, 6) is 0.187. The van der Waals surface area contributed by atoms with E-state index in [1.807, 2.05) is 24.3 Å². The minimum atomic E-state index is 0.0295. The van der Waals surface area contributed by atoms with Crippen LogP contribution >= 0.6 is 0 Å². The topological polar surface area (TPSA) is 58.6 Å². The molecule has 18 heavy (non-hydrogen) atoms. The van der Waals surface area contributed by atoms with E-state index in [0.717, 1.165) is 24.0 Å². The third kappa shape index (κ3) is 3.55. The molecule has 98 valence electrons. The largest absolute Gasteiger partial charge is 0.392 e. The fourth-order valence-corrected chi connectivity index (χ4v) is 2.13. The monoisotopic (exact) mass is 249 g/mol. The van der Waals surface area contributed by atoms with Crippen LogP contribution in [0.4, 0.5) is 0 Å². The fraction of sp³-hybridized carbons (Fsp3) is 0.500. The molecule has 0 spiro atoms. The Labute approximate surface area is 107 Å². The zero-order valence-corrected chi connectivity index (χ0v) is 10.4. The number of rotatable bonds is 4. The predicted molar refractivity (Wildman–Crippen MR) is 67.8 cm³/mol. The summed E-state index contributed by atoms with van der Waals surface area (Å²) in [6, 6.07) is 7.61. The average molecular weight is 249 g/mol. The number of aliphatic hydroxyl groups excluding tert-OH is 1. The maximum atomic E-state index is 11.9. The van der Waals surface area contributed by atoms with Crippen molar-refractivity contribution in [1.29, 1.82) is 0 Å². The normalized spacial score (nSPS) is 16.5. The smallest absolute Gasteiger partial charge is 0.223 e. The first-order valence-electron chi connectivity index (χ1n) is 6.33. The van der Waals surface area contributed by atoms with E-state index in [0.29, 0.717) is 19.8 Å². The molecule has 0 bridgehead atoms. The summed E-state index contributed by atoms with van der Waals surface area (Å²) < 4.78 is 5.24. The molecule has 0 radical (unpaired) electrons. The van der Waals surface area contributed by atoms with Crippen LogP contribution < -0.4 is 5.32 Å². The van der Waals surface area contributed by atoms with Gasteiger partial charge in [-0.2, -0.15) is 0 Å². The number of hydrogen-bond donors (Lipinski definition) is 2. The number of hydrogen-bond acceptors (Lipinski definition) is 3. The quantitative estimate of drug-likeness (QED) is 0.843. The summed E-state index contributed by atoms with van der Waals surface area (Å²) in [5.41, 5.74) is 1.88. The molecule has 1 aliphatic rings. The number of carbonyl (C=O) groups is 1. The minimum absolute atomic E-state index is 0.0295. The van der Waals surface area contributed by atoms with Crippen molar-refractivity contribution in [3.8, 4) is 0 Å². The van der Waals surface area contributed by atoms with Crippen LogP contribution in [0.3, 0.4) is 0 Å². The first kappa shape index (κ1) is 13.1. The molecule has 1 amide bonds. The highest BCUT2D eigenvalue weighted by Gasteiger charge is 2.20. The summed E-state index contributed by atoms with van der Waals surface area (Å²) in [6.45, 7) is 1.90. The third-order valence-corrected chi connectivity index (χ3v) is 3.23. The van der Waals surface area contributed by atoms with Crippen molar-refractivity contribution in [1.82, 2.24) is 5.32 Å². The van der Waals surface area contributed by atoms with Gasteiger partial charge >= 0.3 is 0 Å². The van der Waals surface area contributed by atoms with Gasteiger partial charge in [0.25, 0.3) is 0 Å². The highest BCUT2D eigenvalue weighted by Crippen LogP contribution is 2.15. The first-order valence-corrected chi connectivity index (χ1v) is 6.33. The van der Waals surface area contributed by atoms with Gasteiger partial charge in [-0.1, -0.05) is 24.3 Å². The van der Waals surface area contributed by atoms with Gasteiger partial charge in [0.1, 0.15) is 0 Å². The standard InChI is InChI=1S/C14H19NO3/c16-10-12-3-1-2-11(8-12)9-15-14(17)13-4-6-18-7-5-13/h1-3,8,13,16H,4-7,9-10H2,(H,15,17). The van der Waals surface area contributed by atoms with Crippen molar-refractivity contribution < 1.29 is 14.6 Å². The molecule has 1 aromatic carbocycles. The number of aliphatic hydroxyl groups is 1. The number of ether oxygens (including phenoxy) is 1. The molecular formula is C14H19NO3. The molecule has 1 fully saturated rings. The fourth-order valence-electron chi connectivity index (χ4n) is 2.13. The summed E-state index contributed by atoms with van der Waals surface area (Å²) in [4.78, 5) is 11.9. The lowest BCUT2D eigenvalue weighted by Gasteiger charge is -2.21. The number of nitrogens with one attached hydrogen (secondary N) is 1. The van der Waals surface area contributed by atoms with Crippen LogP contribution in [0.15, 0.2) is 24.3 Å². The van der Waals surface area contributed by atoms with Crippen LogP contribution in [0.1, 0.15) is 24.0 Å². The lowest BCUT2D eigenvalue weighted by atomic mass is 9.99. The van der Waals surface area contributed by atoms with Crippen LogP contribution in [0, 0.1) is 5.92 Å². The van der Waals surface area contributed by atoms with Gasteiger partial charge in [-0.25, -0.2) is 0 Å². The van der Waals surface area contributed by atoms with E-state index in [9.17, 15) is 4.79 Å². The predicted octanol–water partition coefficient (Wildman–Crippen LogP) is 1.22. The highest BCUT2D eigenvalue weighted by molar-refractivity contribution is 5.78. The van der Waals surface area contributed by atoms with Crippen LogP contribution in [0.2, 0.25) is 0 Å². The van der Waals surface area contributed by atoms with E-state index in [1.54, 1.807) is 0 Å².